The van der Waals surface area contributed by atoms with Crippen LogP contribution < -0.4 is 10.6 Å². The minimum atomic E-state index is -1.02. The number of amides is 1. The Bertz CT molecular complexity index is 264. The van der Waals surface area contributed by atoms with Crippen LogP contribution in [0.2, 0.25) is 0 Å². The number of methoxy groups -OCH3 is 1. The summed E-state index contributed by atoms with van der Waals surface area (Å²) >= 11 is 0. The van der Waals surface area contributed by atoms with Crippen LogP contribution in [-0.4, -0.2) is 49.3 Å². The van der Waals surface area contributed by atoms with E-state index in [-0.39, 0.29) is 18.4 Å². The zero-order valence-corrected chi connectivity index (χ0v) is 10.1. The van der Waals surface area contributed by atoms with Gasteiger partial charge in [-0.1, -0.05) is 6.42 Å². The first-order chi connectivity index (χ1) is 8.15. The van der Waals surface area contributed by atoms with Crippen LogP contribution in [-0.2, 0) is 14.3 Å². The molecule has 0 bridgehead atoms. The highest BCUT2D eigenvalue weighted by atomic mass is 16.5. The molecule has 1 rings (SSSR count). The van der Waals surface area contributed by atoms with Crippen molar-refractivity contribution in [3.8, 4) is 0 Å². The molecule has 6 heteroatoms. The van der Waals surface area contributed by atoms with Crippen LogP contribution in [0.15, 0.2) is 0 Å². The molecule has 3 N–H and O–H groups in total. The van der Waals surface area contributed by atoms with E-state index >= 15 is 0 Å². The molecule has 1 aliphatic rings. The summed E-state index contributed by atoms with van der Waals surface area (Å²) in [6, 6.07) is -1.13. The van der Waals surface area contributed by atoms with Gasteiger partial charge in [0.15, 0.2) is 0 Å². The van der Waals surface area contributed by atoms with Crippen LogP contribution in [0.1, 0.15) is 25.7 Å². The minimum Gasteiger partial charge on any atom is -0.480 e. The Morgan fingerprint density at radius 2 is 2.29 bits per heavy atom. The Hall–Kier alpha value is -1.14. The Balaban J connectivity index is 2.42. The molecule has 0 spiro atoms. The second kappa shape index (κ2) is 7.24. The number of hydrogen-bond acceptors (Lipinski definition) is 4. The molecule has 2 unspecified atom stereocenters. The molecule has 98 valence electrons. The van der Waals surface area contributed by atoms with Gasteiger partial charge in [0.05, 0.1) is 6.04 Å². The van der Waals surface area contributed by atoms with Crippen molar-refractivity contribution in [2.75, 3.05) is 20.3 Å². The topological polar surface area (TPSA) is 87.7 Å². The average Bonchev–Trinajstić information content (AvgIpc) is 2.35. The summed E-state index contributed by atoms with van der Waals surface area (Å²) in [6.45, 7) is 1.13. The highest BCUT2D eigenvalue weighted by Gasteiger charge is 2.25. The molecule has 1 amide bonds. The lowest BCUT2D eigenvalue weighted by Gasteiger charge is -2.24. The highest BCUT2D eigenvalue weighted by molar-refractivity contribution is 5.86. The number of piperidine rings is 1. The highest BCUT2D eigenvalue weighted by Crippen LogP contribution is 2.07. The van der Waals surface area contributed by atoms with Crippen molar-refractivity contribution in [3.63, 3.8) is 0 Å². The van der Waals surface area contributed by atoms with Gasteiger partial charge < -0.3 is 20.5 Å². The maximum Gasteiger partial charge on any atom is 0.326 e. The molecule has 6 nitrogen and oxygen atoms in total. The third kappa shape index (κ3) is 4.70. The molecule has 0 radical (unpaired) electrons. The van der Waals surface area contributed by atoms with Crippen molar-refractivity contribution in [2.24, 2.45) is 0 Å². The van der Waals surface area contributed by atoms with Gasteiger partial charge in [-0.2, -0.15) is 0 Å². The number of ether oxygens (including phenoxy) is 1. The molecule has 1 saturated heterocycles. The predicted octanol–water partition coefficient (Wildman–Crippen LogP) is -0.266. The predicted molar refractivity (Wildman–Crippen MR) is 61.7 cm³/mol. The van der Waals surface area contributed by atoms with Crippen molar-refractivity contribution in [1.29, 1.82) is 0 Å². The van der Waals surface area contributed by atoms with Gasteiger partial charge in [-0.05, 0) is 19.4 Å². The number of aliphatic carboxylic acids is 1. The monoisotopic (exact) mass is 244 g/mol. The maximum atomic E-state index is 11.8. The lowest BCUT2D eigenvalue weighted by molar-refractivity contribution is -0.142. The van der Waals surface area contributed by atoms with Crippen LogP contribution in [0.5, 0.6) is 0 Å². The van der Waals surface area contributed by atoms with Gasteiger partial charge in [-0.15, -0.1) is 0 Å². The smallest absolute Gasteiger partial charge is 0.326 e. The van der Waals surface area contributed by atoms with Gasteiger partial charge >= 0.3 is 5.97 Å². The molecule has 17 heavy (non-hydrogen) atoms. The maximum absolute atomic E-state index is 11.8. The summed E-state index contributed by atoms with van der Waals surface area (Å²) < 4.78 is 4.82. The van der Waals surface area contributed by atoms with E-state index in [2.05, 4.69) is 10.6 Å². The number of carbonyl (C=O) groups excluding carboxylic acids is 1. The third-order valence-electron chi connectivity index (χ3n) is 2.85. The fraction of sp³-hybridized carbons (Fsp3) is 0.818. The number of hydrogen-bond donors (Lipinski definition) is 3. The Labute approximate surface area is 101 Å². The van der Waals surface area contributed by atoms with E-state index in [4.69, 9.17) is 9.84 Å². The number of carboxylic acid groups (broad SMARTS) is 1. The van der Waals surface area contributed by atoms with E-state index in [1.807, 2.05) is 0 Å². The van der Waals surface area contributed by atoms with E-state index in [9.17, 15) is 9.59 Å². The molecule has 0 aromatic carbocycles. The van der Waals surface area contributed by atoms with Crippen LogP contribution in [0.4, 0.5) is 0 Å². The van der Waals surface area contributed by atoms with E-state index < -0.39 is 12.0 Å². The molecule has 0 saturated carbocycles. The van der Waals surface area contributed by atoms with Gasteiger partial charge in [-0.3, -0.25) is 4.79 Å². The summed E-state index contributed by atoms with van der Waals surface area (Å²) in [6.07, 6.45) is 3.11. The standard InChI is InChI=1S/C11H20N2O4/c1-17-7-5-9(11(15)16)13-10(14)8-4-2-3-6-12-8/h8-9,12H,2-7H2,1H3,(H,13,14)(H,15,16). The summed E-state index contributed by atoms with van der Waals surface area (Å²) in [7, 11) is 1.50. The Morgan fingerprint density at radius 3 is 2.82 bits per heavy atom. The first kappa shape index (κ1) is 13.9. The average molecular weight is 244 g/mol. The summed E-state index contributed by atoms with van der Waals surface area (Å²) in [5, 5.41) is 14.6. The lowest BCUT2D eigenvalue weighted by atomic mass is 10.0. The van der Waals surface area contributed by atoms with Crippen LogP contribution in [0.25, 0.3) is 0 Å². The van der Waals surface area contributed by atoms with Crippen LogP contribution in [0.3, 0.4) is 0 Å². The van der Waals surface area contributed by atoms with Crippen LogP contribution >= 0.6 is 0 Å². The molecule has 2 atom stereocenters. The van der Waals surface area contributed by atoms with E-state index in [1.54, 1.807) is 0 Å². The molecule has 1 aliphatic heterocycles. The second-order valence-electron chi connectivity index (χ2n) is 4.18. The Morgan fingerprint density at radius 1 is 1.53 bits per heavy atom. The van der Waals surface area contributed by atoms with Crippen molar-refractivity contribution in [2.45, 2.75) is 37.8 Å². The zero-order chi connectivity index (χ0) is 12.7. The summed E-state index contributed by atoms with van der Waals surface area (Å²) in [4.78, 5) is 22.7. The molecular weight excluding hydrogens is 224 g/mol. The number of carboxylic acids is 1. The van der Waals surface area contributed by atoms with Gasteiger partial charge in [0.25, 0.3) is 0 Å². The largest absolute Gasteiger partial charge is 0.480 e. The first-order valence-electron chi connectivity index (χ1n) is 5.90. The van der Waals surface area contributed by atoms with Gasteiger partial charge in [0.1, 0.15) is 6.04 Å². The SMILES string of the molecule is COCCC(NC(=O)C1CCCCN1)C(=O)O. The fourth-order valence-electron chi connectivity index (χ4n) is 1.84. The van der Waals surface area contributed by atoms with E-state index in [1.165, 1.54) is 7.11 Å². The normalized spacial score (nSPS) is 21.8. The van der Waals surface area contributed by atoms with Gasteiger partial charge in [0, 0.05) is 20.1 Å². The second-order valence-corrected chi connectivity index (χ2v) is 4.18. The molecule has 1 heterocycles. The number of carbonyl (C=O) groups is 2. The van der Waals surface area contributed by atoms with Gasteiger partial charge in [-0.25, -0.2) is 4.79 Å². The Kier molecular flexibility index (Phi) is 5.93. The molecule has 0 aromatic rings. The summed E-state index contributed by atoms with van der Waals surface area (Å²) in [5.74, 6) is -1.25. The molecule has 0 aliphatic carbocycles. The quantitative estimate of drug-likeness (QED) is 0.599. The minimum absolute atomic E-state index is 0.229. The molecule has 1 fully saturated rings. The number of nitrogens with one attached hydrogen (secondary N) is 2. The van der Waals surface area contributed by atoms with Gasteiger partial charge in [0.2, 0.25) is 5.91 Å². The first-order valence-corrected chi connectivity index (χ1v) is 5.90. The van der Waals surface area contributed by atoms with Crippen LogP contribution in [0, 0.1) is 0 Å². The zero-order valence-electron chi connectivity index (χ0n) is 10.1. The van der Waals surface area contributed by atoms with Crippen molar-refractivity contribution >= 4 is 11.9 Å². The van der Waals surface area contributed by atoms with Crippen molar-refractivity contribution in [3.05, 3.63) is 0 Å². The lowest BCUT2D eigenvalue weighted by Crippen LogP contribution is -2.51. The third-order valence-corrected chi connectivity index (χ3v) is 2.85. The molecular formula is C11H20N2O4. The van der Waals surface area contributed by atoms with Crippen molar-refractivity contribution < 1.29 is 19.4 Å². The van der Waals surface area contributed by atoms with E-state index in [0.717, 1.165) is 25.8 Å². The fourth-order valence-corrected chi connectivity index (χ4v) is 1.84. The number of rotatable bonds is 6. The summed E-state index contributed by atoms with van der Waals surface area (Å²) in [5.41, 5.74) is 0. The van der Waals surface area contributed by atoms with Crippen molar-refractivity contribution in [1.82, 2.24) is 10.6 Å². The molecule has 0 aromatic heterocycles. The van der Waals surface area contributed by atoms with E-state index in [0.29, 0.717) is 6.61 Å².